The largest absolute Gasteiger partial charge is 0.449 e. The molecule has 2 atom stereocenters. The van der Waals surface area contributed by atoms with E-state index in [-0.39, 0.29) is 6.04 Å². The maximum atomic E-state index is 5.54. The van der Waals surface area contributed by atoms with Crippen molar-refractivity contribution in [1.29, 1.82) is 0 Å². The molecule has 4 heteroatoms. The topological polar surface area (TPSA) is 47.3 Å². The highest BCUT2D eigenvalue weighted by atomic mass is 16.5. The van der Waals surface area contributed by atoms with E-state index in [1.807, 2.05) is 7.05 Å². The van der Waals surface area contributed by atoms with Gasteiger partial charge in [0.05, 0.1) is 18.2 Å². The summed E-state index contributed by atoms with van der Waals surface area (Å²) >= 11 is 0. The number of hydrogen-bond donors (Lipinski definition) is 1. The smallest absolute Gasteiger partial charge is 0.196 e. The fraction of sp³-hybridized carbons (Fsp3) is 0.727. The van der Waals surface area contributed by atoms with E-state index in [1.54, 1.807) is 6.26 Å². The van der Waals surface area contributed by atoms with Crippen LogP contribution in [0.4, 0.5) is 0 Å². The van der Waals surface area contributed by atoms with Crippen LogP contribution in [0.25, 0.3) is 0 Å². The Hall–Kier alpha value is -0.870. The van der Waals surface area contributed by atoms with Crippen molar-refractivity contribution in [2.75, 3.05) is 13.7 Å². The van der Waals surface area contributed by atoms with Crippen molar-refractivity contribution in [3.05, 3.63) is 17.8 Å². The van der Waals surface area contributed by atoms with Crippen LogP contribution < -0.4 is 5.32 Å². The van der Waals surface area contributed by atoms with Gasteiger partial charge in [0.25, 0.3) is 0 Å². The van der Waals surface area contributed by atoms with Crippen molar-refractivity contribution in [3.8, 4) is 0 Å². The third kappa shape index (κ3) is 2.58. The highest BCUT2D eigenvalue weighted by Gasteiger charge is 2.19. The zero-order chi connectivity index (χ0) is 10.7. The molecule has 4 nitrogen and oxygen atoms in total. The number of hydrogen-bond acceptors (Lipinski definition) is 4. The molecule has 0 saturated carbocycles. The lowest BCUT2D eigenvalue weighted by Gasteiger charge is -2.05. The van der Waals surface area contributed by atoms with Crippen LogP contribution in [0.5, 0.6) is 0 Å². The molecule has 1 N–H and O–H groups in total. The Morgan fingerprint density at radius 2 is 2.53 bits per heavy atom. The standard InChI is InChI=1S/C11H18N2O2/c1-8(12-2)10-7-15-11(13-10)6-9-4-3-5-14-9/h7-9,12H,3-6H2,1-2H3. The minimum atomic E-state index is 0.243. The highest BCUT2D eigenvalue weighted by Crippen LogP contribution is 2.18. The van der Waals surface area contributed by atoms with Crippen molar-refractivity contribution in [3.63, 3.8) is 0 Å². The fourth-order valence-electron chi connectivity index (χ4n) is 1.77. The van der Waals surface area contributed by atoms with Crippen LogP contribution in [0.1, 0.15) is 37.4 Å². The summed E-state index contributed by atoms with van der Waals surface area (Å²) in [6, 6.07) is 0.243. The molecule has 0 bridgehead atoms. The van der Waals surface area contributed by atoms with Crippen molar-refractivity contribution in [1.82, 2.24) is 10.3 Å². The maximum absolute atomic E-state index is 5.54. The van der Waals surface area contributed by atoms with Crippen LogP contribution in [-0.4, -0.2) is 24.7 Å². The van der Waals surface area contributed by atoms with Gasteiger partial charge in [-0.1, -0.05) is 0 Å². The van der Waals surface area contributed by atoms with Crippen molar-refractivity contribution in [2.45, 2.75) is 38.3 Å². The number of ether oxygens (including phenoxy) is 1. The van der Waals surface area contributed by atoms with E-state index in [1.165, 1.54) is 0 Å². The second-order valence-corrected chi connectivity index (χ2v) is 4.02. The van der Waals surface area contributed by atoms with Gasteiger partial charge in [0, 0.05) is 12.6 Å². The highest BCUT2D eigenvalue weighted by molar-refractivity contribution is 5.02. The molecule has 0 spiro atoms. The van der Waals surface area contributed by atoms with Gasteiger partial charge in [-0.25, -0.2) is 4.98 Å². The van der Waals surface area contributed by atoms with Gasteiger partial charge >= 0.3 is 0 Å². The molecule has 2 heterocycles. The third-order valence-electron chi connectivity index (χ3n) is 2.87. The van der Waals surface area contributed by atoms with Crippen LogP contribution in [0, 0.1) is 0 Å². The lowest BCUT2D eigenvalue weighted by atomic mass is 10.2. The summed E-state index contributed by atoms with van der Waals surface area (Å²) in [5.41, 5.74) is 0.963. The van der Waals surface area contributed by atoms with Crippen molar-refractivity contribution in [2.24, 2.45) is 0 Å². The third-order valence-corrected chi connectivity index (χ3v) is 2.87. The predicted octanol–water partition coefficient (Wildman–Crippen LogP) is 1.68. The molecule has 84 valence electrons. The van der Waals surface area contributed by atoms with Gasteiger partial charge in [-0.3, -0.25) is 0 Å². The summed E-state index contributed by atoms with van der Waals surface area (Å²) in [6.45, 7) is 2.94. The Morgan fingerprint density at radius 3 is 3.20 bits per heavy atom. The molecule has 15 heavy (non-hydrogen) atoms. The van der Waals surface area contributed by atoms with Gasteiger partial charge in [-0.2, -0.15) is 0 Å². The number of nitrogens with one attached hydrogen (secondary N) is 1. The van der Waals surface area contributed by atoms with Crippen LogP contribution in [0.15, 0.2) is 10.7 Å². The van der Waals surface area contributed by atoms with Crippen LogP contribution in [0.2, 0.25) is 0 Å². The fourth-order valence-corrected chi connectivity index (χ4v) is 1.77. The average molecular weight is 210 g/mol. The monoisotopic (exact) mass is 210 g/mol. The van der Waals surface area contributed by atoms with E-state index < -0.39 is 0 Å². The van der Waals surface area contributed by atoms with E-state index in [9.17, 15) is 0 Å². The first-order valence-corrected chi connectivity index (χ1v) is 5.52. The van der Waals surface area contributed by atoms with Crippen LogP contribution >= 0.6 is 0 Å². The van der Waals surface area contributed by atoms with Gasteiger partial charge in [0.1, 0.15) is 6.26 Å². The summed E-state index contributed by atoms with van der Waals surface area (Å²) in [5, 5.41) is 3.13. The molecule has 1 aliphatic rings. The second kappa shape index (κ2) is 4.77. The number of aromatic nitrogens is 1. The summed E-state index contributed by atoms with van der Waals surface area (Å²) < 4.78 is 11.0. The molecule has 1 aromatic rings. The summed E-state index contributed by atoms with van der Waals surface area (Å²) in [7, 11) is 1.92. The van der Waals surface area contributed by atoms with Crippen LogP contribution in [-0.2, 0) is 11.2 Å². The summed E-state index contributed by atoms with van der Waals surface area (Å²) in [4.78, 5) is 4.44. The lowest BCUT2D eigenvalue weighted by Crippen LogP contribution is -2.13. The number of nitrogens with zero attached hydrogens (tertiary/aromatic N) is 1. The van der Waals surface area contributed by atoms with Gasteiger partial charge in [-0.05, 0) is 26.8 Å². The quantitative estimate of drug-likeness (QED) is 0.821. The Labute approximate surface area is 90.0 Å². The Bertz CT molecular complexity index is 305. The molecular weight excluding hydrogens is 192 g/mol. The first-order valence-electron chi connectivity index (χ1n) is 5.52. The second-order valence-electron chi connectivity index (χ2n) is 4.02. The van der Waals surface area contributed by atoms with Crippen LogP contribution in [0.3, 0.4) is 0 Å². The number of oxazole rings is 1. The number of rotatable bonds is 4. The van der Waals surface area contributed by atoms with E-state index in [0.29, 0.717) is 6.10 Å². The molecule has 0 radical (unpaired) electrons. The van der Waals surface area contributed by atoms with Gasteiger partial charge in [-0.15, -0.1) is 0 Å². The molecule has 0 amide bonds. The first-order chi connectivity index (χ1) is 7.29. The first kappa shape index (κ1) is 10.6. The van der Waals surface area contributed by atoms with Gasteiger partial charge < -0.3 is 14.5 Å². The Balaban J connectivity index is 1.94. The molecule has 2 rings (SSSR count). The van der Waals surface area contributed by atoms with E-state index in [4.69, 9.17) is 9.15 Å². The minimum absolute atomic E-state index is 0.243. The van der Waals surface area contributed by atoms with E-state index >= 15 is 0 Å². The molecule has 1 aromatic heterocycles. The molecule has 1 fully saturated rings. The Kier molecular flexibility index (Phi) is 3.38. The summed E-state index contributed by atoms with van der Waals surface area (Å²) in [5.74, 6) is 0.791. The molecule has 0 aliphatic carbocycles. The van der Waals surface area contributed by atoms with Crippen molar-refractivity contribution < 1.29 is 9.15 Å². The van der Waals surface area contributed by atoms with Gasteiger partial charge in [0.2, 0.25) is 0 Å². The molecule has 1 aliphatic heterocycles. The molecule has 2 unspecified atom stereocenters. The zero-order valence-electron chi connectivity index (χ0n) is 9.32. The predicted molar refractivity (Wildman–Crippen MR) is 56.7 cm³/mol. The van der Waals surface area contributed by atoms with Gasteiger partial charge in [0.15, 0.2) is 5.89 Å². The Morgan fingerprint density at radius 1 is 1.67 bits per heavy atom. The lowest BCUT2D eigenvalue weighted by molar-refractivity contribution is 0.106. The van der Waals surface area contributed by atoms with E-state index in [0.717, 1.165) is 37.5 Å². The van der Waals surface area contributed by atoms with E-state index in [2.05, 4.69) is 17.2 Å². The SMILES string of the molecule is CNC(C)c1coc(CC2CCCO2)n1. The van der Waals surface area contributed by atoms with Crippen molar-refractivity contribution >= 4 is 0 Å². The maximum Gasteiger partial charge on any atom is 0.196 e. The minimum Gasteiger partial charge on any atom is -0.449 e. The molecule has 0 aromatic carbocycles. The average Bonchev–Trinajstić information content (AvgIpc) is 2.88. The molecule has 1 saturated heterocycles. The normalized spacial score (nSPS) is 23.2. The zero-order valence-corrected chi connectivity index (χ0v) is 9.32. The molecular formula is C11H18N2O2. The summed E-state index contributed by atoms with van der Waals surface area (Å²) in [6.07, 6.45) is 5.12.